The maximum atomic E-state index is 13.7. The minimum atomic E-state index is -0.781. The number of hydrogen-bond donors (Lipinski definition) is 2. The molecule has 0 atom stereocenters. The minimum absolute atomic E-state index is 0.0136. The maximum absolute atomic E-state index is 13.7. The van der Waals surface area contributed by atoms with E-state index < -0.39 is 11.6 Å². The lowest BCUT2D eigenvalue weighted by atomic mass is 9.93. The van der Waals surface area contributed by atoms with Crippen LogP contribution in [-0.2, 0) is 4.79 Å². The molecule has 0 aliphatic carbocycles. The zero-order chi connectivity index (χ0) is 16.8. The number of amides is 1. The summed E-state index contributed by atoms with van der Waals surface area (Å²) < 4.78 is 27.0. The van der Waals surface area contributed by atoms with E-state index in [1.165, 1.54) is 0 Å². The number of carbonyl (C=O) groups excluding carboxylic acids is 1. The van der Waals surface area contributed by atoms with Crippen LogP contribution >= 0.6 is 15.9 Å². The van der Waals surface area contributed by atoms with Crippen molar-refractivity contribution in [2.45, 2.75) is 19.3 Å². The van der Waals surface area contributed by atoms with Gasteiger partial charge in [0.05, 0.1) is 12.2 Å². The summed E-state index contributed by atoms with van der Waals surface area (Å²) in [6.45, 7) is 2.98. The molecule has 23 heavy (non-hydrogen) atoms. The number of nitrogens with one attached hydrogen (secondary N) is 2. The van der Waals surface area contributed by atoms with Gasteiger partial charge in [0.1, 0.15) is 5.82 Å². The molecule has 0 bridgehead atoms. The Balaban J connectivity index is 1.82. The molecule has 7 heteroatoms. The average Bonchev–Trinajstić information content (AvgIpc) is 2.50. The molecule has 0 aromatic heterocycles. The van der Waals surface area contributed by atoms with E-state index in [2.05, 4.69) is 31.5 Å². The first-order valence-corrected chi connectivity index (χ1v) is 8.60. The molecule has 2 N–H and O–H groups in total. The largest absolute Gasteiger partial charge is 0.322 e. The Hall–Kier alpha value is -1.05. The number of benzene rings is 1. The highest BCUT2D eigenvalue weighted by Crippen LogP contribution is 2.27. The number of nitrogens with zero attached hydrogens (tertiary/aromatic N) is 1. The van der Waals surface area contributed by atoms with Crippen LogP contribution in [0.3, 0.4) is 0 Å². The quantitative estimate of drug-likeness (QED) is 0.785. The van der Waals surface area contributed by atoms with Gasteiger partial charge in [0.15, 0.2) is 5.82 Å². The molecule has 1 fully saturated rings. The molecule has 1 saturated heterocycles. The fourth-order valence-corrected chi connectivity index (χ4v) is 3.33. The molecule has 4 nitrogen and oxygen atoms in total. The van der Waals surface area contributed by atoms with Crippen molar-refractivity contribution in [3.8, 4) is 0 Å². The highest BCUT2D eigenvalue weighted by molar-refractivity contribution is 9.10. The van der Waals surface area contributed by atoms with Crippen LogP contribution in [0.15, 0.2) is 16.6 Å². The van der Waals surface area contributed by atoms with Gasteiger partial charge in [0.25, 0.3) is 0 Å². The molecule has 0 unspecified atom stereocenters. The normalized spacial score (nSPS) is 16.5. The topological polar surface area (TPSA) is 44.4 Å². The second-order valence-corrected chi connectivity index (χ2v) is 6.76. The lowest BCUT2D eigenvalue weighted by molar-refractivity contribution is -0.117. The second-order valence-electron chi connectivity index (χ2n) is 5.90. The summed E-state index contributed by atoms with van der Waals surface area (Å²) in [5.74, 6) is -1.05. The van der Waals surface area contributed by atoms with E-state index in [1.54, 1.807) is 0 Å². The summed E-state index contributed by atoms with van der Waals surface area (Å²) in [6, 6.07) is 1.89. The van der Waals surface area contributed by atoms with Crippen molar-refractivity contribution in [2.75, 3.05) is 38.5 Å². The van der Waals surface area contributed by atoms with E-state index in [4.69, 9.17) is 0 Å². The van der Waals surface area contributed by atoms with Crippen LogP contribution in [0.25, 0.3) is 0 Å². The highest BCUT2D eigenvalue weighted by Gasteiger charge is 2.21. The molecule has 0 radical (unpaired) electrons. The Morgan fingerprint density at radius 3 is 2.65 bits per heavy atom. The second kappa shape index (κ2) is 8.70. The first-order valence-electron chi connectivity index (χ1n) is 7.81. The zero-order valence-corrected chi connectivity index (χ0v) is 14.8. The Bertz CT molecular complexity index is 525. The van der Waals surface area contributed by atoms with Gasteiger partial charge < -0.3 is 10.6 Å². The molecule has 0 spiro atoms. The third-order valence-corrected chi connectivity index (χ3v) is 4.77. The average molecular weight is 390 g/mol. The Morgan fingerprint density at radius 2 is 2.04 bits per heavy atom. The van der Waals surface area contributed by atoms with Gasteiger partial charge in [0, 0.05) is 10.5 Å². The van der Waals surface area contributed by atoms with Crippen LogP contribution in [0, 0.1) is 17.6 Å². The molecule has 0 saturated carbocycles. The first kappa shape index (κ1) is 18.3. The summed E-state index contributed by atoms with van der Waals surface area (Å²) in [5, 5.41) is 5.68. The molecule has 128 valence electrons. The van der Waals surface area contributed by atoms with Gasteiger partial charge in [-0.3, -0.25) is 9.69 Å². The maximum Gasteiger partial charge on any atom is 0.238 e. The van der Waals surface area contributed by atoms with Gasteiger partial charge in [-0.05, 0) is 73.9 Å². The zero-order valence-electron chi connectivity index (χ0n) is 13.2. The number of likely N-dealkylation sites (tertiary alicyclic amines) is 1. The van der Waals surface area contributed by atoms with E-state index in [0.29, 0.717) is 5.92 Å². The Morgan fingerprint density at radius 1 is 1.35 bits per heavy atom. The molecule has 1 aromatic carbocycles. The predicted molar refractivity (Wildman–Crippen MR) is 90.4 cm³/mol. The standard InChI is InChI=1S/C16H22BrF2N3O/c1-20-5-2-11-3-6-22(7-4-11)10-15(23)21-16-13(17)8-12(18)9-14(16)19/h8-9,11,20H,2-7,10H2,1H3,(H,21,23). The van der Waals surface area contributed by atoms with E-state index in [9.17, 15) is 13.6 Å². The van der Waals surface area contributed by atoms with Crippen molar-refractivity contribution >= 4 is 27.5 Å². The number of hydrogen-bond acceptors (Lipinski definition) is 3. The summed E-state index contributed by atoms with van der Waals surface area (Å²) in [6.07, 6.45) is 3.30. The van der Waals surface area contributed by atoms with Crippen LogP contribution in [0.1, 0.15) is 19.3 Å². The number of rotatable bonds is 6. The van der Waals surface area contributed by atoms with Gasteiger partial charge >= 0.3 is 0 Å². The fourth-order valence-electron chi connectivity index (χ4n) is 2.83. The molecule has 1 heterocycles. The van der Waals surface area contributed by atoms with Crippen LogP contribution in [0.2, 0.25) is 0 Å². The van der Waals surface area contributed by atoms with Crippen molar-refractivity contribution in [3.63, 3.8) is 0 Å². The molecule has 2 rings (SSSR count). The number of anilines is 1. The van der Waals surface area contributed by atoms with Crippen molar-refractivity contribution in [2.24, 2.45) is 5.92 Å². The van der Waals surface area contributed by atoms with E-state index >= 15 is 0 Å². The highest BCUT2D eigenvalue weighted by atomic mass is 79.9. The van der Waals surface area contributed by atoms with E-state index in [0.717, 1.165) is 51.0 Å². The van der Waals surface area contributed by atoms with E-state index in [1.807, 2.05) is 7.05 Å². The van der Waals surface area contributed by atoms with Crippen molar-refractivity contribution in [3.05, 3.63) is 28.2 Å². The lowest BCUT2D eigenvalue weighted by Crippen LogP contribution is -2.39. The van der Waals surface area contributed by atoms with Gasteiger partial charge in [0.2, 0.25) is 5.91 Å². The van der Waals surface area contributed by atoms with Gasteiger partial charge in [-0.1, -0.05) is 0 Å². The number of halogens is 3. The Kier molecular flexibility index (Phi) is 6.92. The van der Waals surface area contributed by atoms with Gasteiger partial charge in [-0.15, -0.1) is 0 Å². The van der Waals surface area contributed by atoms with Crippen LogP contribution in [-0.4, -0.2) is 44.0 Å². The van der Waals surface area contributed by atoms with Crippen molar-refractivity contribution < 1.29 is 13.6 Å². The predicted octanol–water partition coefficient (Wildman–Crippen LogP) is 2.99. The van der Waals surface area contributed by atoms with Crippen LogP contribution < -0.4 is 10.6 Å². The molecule has 1 aliphatic heterocycles. The molecule has 1 amide bonds. The monoisotopic (exact) mass is 389 g/mol. The van der Waals surface area contributed by atoms with Gasteiger partial charge in [-0.25, -0.2) is 8.78 Å². The molecular weight excluding hydrogens is 368 g/mol. The fraction of sp³-hybridized carbons (Fsp3) is 0.562. The summed E-state index contributed by atoms with van der Waals surface area (Å²) in [5.41, 5.74) is -0.0136. The minimum Gasteiger partial charge on any atom is -0.322 e. The lowest BCUT2D eigenvalue weighted by Gasteiger charge is -2.31. The number of carbonyl (C=O) groups is 1. The third kappa shape index (κ3) is 5.51. The first-order chi connectivity index (χ1) is 11.0. The Labute approximate surface area is 143 Å². The summed E-state index contributed by atoms with van der Waals surface area (Å²) in [7, 11) is 1.95. The SMILES string of the molecule is CNCCC1CCN(CC(=O)Nc2c(F)cc(F)cc2Br)CC1. The summed E-state index contributed by atoms with van der Waals surface area (Å²) in [4.78, 5) is 14.1. The molecule has 1 aliphatic rings. The third-order valence-electron chi connectivity index (χ3n) is 4.15. The summed E-state index contributed by atoms with van der Waals surface area (Å²) >= 11 is 3.07. The van der Waals surface area contributed by atoms with E-state index in [-0.39, 0.29) is 22.6 Å². The van der Waals surface area contributed by atoms with Crippen molar-refractivity contribution in [1.82, 2.24) is 10.2 Å². The molecule has 1 aromatic rings. The van der Waals surface area contributed by atoms with Crippen LogP contribution in [0.4, 0.5) is 14.5 Å². The van der Waals surface area contributed by atoms with Gasteiger partial charge in [-0.2, -0.15) is 0 Å². The number of piperidine rings is 1. The molecular formula is C16H22BrF2N3O. The van der Waals surface area contributed by atoms with Crippen molar-refractivity contribution in [1.29, 1.82) is 0 Å². The van der Waals surface area contributed by atoms with Crippen LogP contribution in [0.5, 0.6) is 0 Å². The smallest absolute Gasteiger partial charge is 0.238 e.